The van der Waals surface area contributed by atoms with Crippen molar-refractivity contribution in [3.8, 4) is 0 Å². The monoisotopic (exact) mass is 300 g/mol. The number of thioether (sulfide) groups is 1. The molecule has 21 heavy (non-hydrogen) atoms. The molecule has 0 saturated heterocycles. The highest BCUT2D eigenvalue weighted by Crippen LogP contribution is 2.27. The zero-order valence-corrected chi connectivity index (χ0v) is 11.9. The van der Waals surface area contributed by atoms with Gasteiger partial charge in [-0.15, -0.1) is 11.8 Å². The topological polar surface area (TPSA) is 44.9 Å². The molecule has 1 heterocycles. The van der Waals surface area contributed by atoms with Crippen LogP contribution in [0, 0.1) is 5.82 Å². The molecule has 3 rings (SSSR count). The Bertz CT molecular complexity index is 785. The number of aromatic nitrogens is 1. The van der Waals surface area contributed by atoms with E-state index in [0.717, 1.165) is 15.8 Å². The summed E-state index contributed by atoms with van der Waals surface area (Å²) in [5.41, 5.74) is 1.52. The minimum Gasteiger partial charge on any atom is -0.360 e. The average Bonchev–Trinajstić information content (AvgIpc) is 2.88. The third-order valence-electron chi connectivity index (χ3n) is 3.02. The Hall–Kier alpha value is -2.27. The molecule has 3 nitrogen and oxygen atoms in total. The van der Waals surface area contributed by atoms with Crippen LogP contribution in [0.25, 0.3) is 10.9 Å². The molecule has 0 aliphatic heterocycles. The van der Waals surface area contributed by atoms with Gasteiger partial charge in [-0.3, -0.25) is 4.79 Å². The van der Waals surface area contributed by atoms with E-state index in [1.165, 1.54) is 23.9 Å². The Balaban J connectivity index is 1.63. The molecule has 0 spiro atoms. The first-order chi connectivity index (χ1) is 10.2. The summed E-state index contributed by atoms with van der Waals surface area (Å²) in [6.07, 6.45) is 1.89. The van der Waals surface area contributed by atoms with Crippen molar-refractivity contribution in [3.63, 3.8) is 0 Å². The van der Waals surface area contributed by atoms with Crippen LogP contribution in [0.3, 0.4) is 0 Å². The van der Waals surface area contributed by atoms with Crippen LogP contribution in [0.4, 0.5) is 10.1 Å². The quantitative estimate of drug-likeness (QED) is 0.714. The summed E-state index contributed by atoms with van der Waals surface area (Å²) in [6, 6.07) is 13.8. The van der Waals surface area contributed by atoms with Crippen LogP contribution in [0.5, 0.6) is 0 Å². The molecular formula is C16H13FN2OS. The first-order valence-corrected chi connectivity index (χ1v) is 7.45. The van der Waals surface area contributed by atoms with Crippen LogP contribution < -0.4 is 5.32 Å². The molecule has 0 bridgehead atoms. The van der Waals surface area contributed by atoms with Crippen molar-refractivity contribution in [1.29, 1.82) is 0 Å². The standard InChI is InChI=1S/C16H13FN2OS/c17-11-4-3-5-12(8-11)19-16(20)10-21-15-9-18-14-7-2-1-6-13(14)15/h1-9,18H,10H2,(H,19,20). The molecule has 0 aliphatic carbocycles. The van der Waals surface area contributed by atoms with Crippen molar-refractivity contribution < 1.29 is 9.18 Å². The first-order valence-electron chi connectivity index (χ1n) is 6.47. The number of nitrogens with one attached hydrogen (secondary N) is 2. The van der Waals surface area contributed by atoms with Gasteiger partial charge in [0.15, 0.2) is 0 Å². The number of H-pyrrole nitrogens is 1. The summed E-state index contributed by atoms with van der Waals surface area (Å²) >= 11 is 1.45. The summed E-state index contributed by atoms with van der Waals surface area (Å²) in [6.45, 7) is 0. The highest BCUT2D eigenvalue weighted by atomic mass is 32.2. The van der Waals surface area contributed by atoms with Gasteiger partial charge in [0.2, 0.25) is 5.91 Å². The maximum atomic E-state index is 13.0. The summed E-state index contributed by atoms with van der Waals surface area (Å²) in [7, 11) is 0. The maximum absolute atomic E-state index is 13.0. The normalized spacial score (nSPS) is 10.7. The fourth-order valence-electron chi connectivity index (χ4n) is 2.07. The zero-order valence-electron chi connectivity index (χ0n) is 11.1. The number of halogens is 1. The van der Waals surface area contributed by atoms with E-state index in [9.17, 15) is 9.18 Å². The average molecular weight is 300 g/mol. The molecule has 3 aromatic rings. The van der Waals surface area contributed by atoms with Crippen molar-refractivity contribution in [2.24, 2.45) is 0 Å². The van der Waals surface area contributed by atoms with Gasteiger partial charge in [-0.1, -0.05) is 24.3 Å². The molecule has 0 aliphatic rings. The zero-order chi connectivity index (χ0) is 14.7. The summed E-state index contributed by atoms with van der Waals surface area (Å²) < 4.78 is 13.0. The van der Waals surface area contributed by atoms with Crippen LogP contribution in [0.1, 0.15) is 0 Å². The number of aromatic amines is 1. The van der Waals surface area contributed by atoms with E-state index < -0.39 is 0 Å². The lowest BCUT2D eigenvalue weighted by Gasteiger charge is -2.04. The highest BCUT2D eigenvalue weighted by molar-refractivity contribution is 8.00. The number of hydrogen-bond acceptors (Lipinski definition) is 2. The number of para-hydroxylation sites is 1. The molecule has 5 heteroatoms. The van der Waals surface area contributed by atoms with Crippen LogP contribution in [0.2, 0.25) is 0 Å². The van der Waals surface area contributed by atoms with E-state index in [1.807, 2.05) is 30.5 Å². The highest BCUT2D eigenvalue weighted by Gasteiger charge is 2.07. The molecule has 1 aromatic heterocycles. The largest absolute Gasteiger partial charge is 0.360 e. The van der Waals surface area contributed by atoms with Gasteiger partial charge in [0.05, 0.1) is 5.75 Å². The molecule has 2 aromatic carbocycles. The Labute approximate surface area is 125 Å². The molecule has 0 fully saturated rings. The fourth-order valence-corrected chi connectivity index (χ4v) is 2.91. The van der Waals surface area contributed by atoms with Gasteiger partial charge in [0, 0.05) is 27.7 Å². The molecule has 2 N–H and O–H groups in total. The van der Waals surface area contributed by atoms with Gasteiger partial charge in [-0.25, -0.2) is 4.39 Å². The smallest absolute Gasteiger partial charge is 0.234 e. The minimum atomic E-state index is -0.364. The van der Waals surface area contributed by atoms with Gasteiger partial charge in [0.1, 0.15) is 5.82 Å². The number of hydrogen-bond donors (Lipinski definition) is 2. The molecule has 0 unspecified atom stereocenters. The minimum absolute atomic E-state index is 0.157. The summed E-state index contributed by atoms with van der Waals surface area (Å²) in [5, 5.41) is 3.78. The van der Waals surface area contributed by atoms with Crippen LogP contribution in [0.15, 0.2) is 59.6 Å². The maximum Gasteiger partial charge on any atom is 0.234 e. The van der Waals surface area contributed by atoms with Crippen LogP contribution in [-0.2, 0) is 4.79 Å². The van der Waals surface area contributed by atoms with Crippen molar-refractivity contribution in [2.45, 2.75) is 4.90 Å². The van der Waals surface area contributed by atoms with E-state index >= 15 is 0 Å². The van der Waals surface area contributed by atoms with E-state index in [2.05, 4.69) is 10.3 Å². The second kappa shape index (κ2) is 6.01. The SMILES string of the molecule is O=C(CSc1c[nH]c2ccccc12)Nc1cccc(F)c1. The van der Waals surface area contributed by atoms with E-state index in [-0.39, 0.29) is 17.5 Å². The second-order valence-corrected chi connectivity index (χ2v) is 5.56. The van der Waals surface area contributed by atoms with Gasteiger partial charge >= 0.3 is 0 Å². The summed E-state index contributed by atoms with van der Waals surface area (Å²) in [5.74, 6) is -0.244. The van der Waals surface area contributed by atoms with Crippen LogP contribution >= 0.6 is 11.8 Å². The van der Waals surface area contributed by atoms with Gasteiger partial charge in [-0.05, 0) is 24.3 Å². The third-order valence-corrected chi connectivity index (χ3v) is 4.07. The number of carbonyl (C=O) groups excluding carboxylic acids is 1. The van der Waals surface area contributed by atoms with Crippen LogP contribution in [-0.4, -0.2) is 16.6 Å². The molecule has 0 atom stereocenters. The van der Waals surface area contributed by atoms with E-state index in [0.29, 0.717) is 5.69 Å². The molecule has 1 amide bonds. The van der Waals surface area contributed by atoms with Crippen molar-refractivity contribution in [1.82, 2.24) is 4.98 Å². The molecular weight excluding hydrogens is 287 g/mol. The van der Waals surface area contributed by atoms with Gasteiger partial charge < -0.3 is 10.3 Å². The van der Waals surface area contributed by atoms with Gasteiger partial charge in [0.25, 0.3) is 0 Å². The van der Waals surface area contributed by atoms with Crippen molar-refractivity contribution in [3.05, 3.63) is 60.5 Å². The van der Waals surface area contributed by atoms with Crippen molar-refractivity contribution >= 4 is 34.3 Å². The summed E-state index contributed by atoms with van der Waals surface area (Å²) in [4.78, 5) is 16.1. The van der Waals surface area contributed by atoms with Gasteiger partial charge in [-0.2, -0.15) is 0 Å². The molecule has 106 valence electrons. The Kier molecular flexibility index (Phi) is 3.92. The lowest BCUT2D eigenvalue weighted by Crippen LogP contribution is -2.13. The number of amides is 1. The Morgan fingerprint density at radius 1 is 1.19 bits per heavy atom. The number of rotatable bonds is 4. The number of carbonyl (C=O) groups is 1. The number of benzene rings is 2. The van der Waals surface area contributed by atoms with Crippen molar-refractivity contribution in [2.75, 3.05) is 11.1 Å². The first kappa shape index (κ1) is 13.7. The Morgan fingerprint density at radius 2 is 2.05 bits per heavy atom. The van der Waals surface area contributed by atoms with E-state index in [4.69, 9.17) is 0 Å². The second-order valence-electron chi connectivity index (χ2n) is 4.55. The fraction of sp³-hybridized carbons (Fsp3) is 0.0625. The van der Waals surface area contributed by atoms with E-state index in [1.54, 1.807) is 12.1 Å². The molecule has 0 saturated carbocycles. The number of fused-ring (bicyclic) bond motifs is 1. The Morgan fingerprint density at radius 3 is 2.90 bits per heavy atom. The molecule has 0 radical (unpaired) electrons. The number of anilines is 1. The predicted molar refractivity (Wildman–Crippen MR) is 84.1 cm³/mol. The lowest BCUT2D eigenvalue weighted by molar-refractivity contribution is -0.113. The predicted octanol–water partition coefficient (Wildman–Crippen LogP) is 4.04. The lowest BCUT2D eigenvalue weighted by atomic mass is 10.2. The third kappa shape index (κ3) is 3.25.